The summed E-state index contributed by atoms with van der Waals surface area (Å²) in [4.78, 5) is 6.59. The summed E-state index contributed by atoms with van der Waals surface area (Å²) in [6.45, 7) is 6.67. The quantitative estimate of drug-likeness (QED) is 0.842. The molecule has 1 aromatic heterocycles. The Bertz CT molecular complexity index is 267. The van der Waals surface area contributed by atoms with Gasteiger partial charge in [-0.3, -0.25) is 0 Å². The fourth-order valence-electron chi connectivity index (χ4n) is 1.98. The molecule has 0 aliphatic carbocycles. The van der Waals surface area contributed by atoms with Gasteiger partial charge in [0.1, 0.15) is 6.33 Å². The molecule has 0 saturated carbocycles. The second kappa shape index (κ2) is 5.42. The molecule has 4 nitrogen and oxygen atoms in total. The van der Waals surface area contributed by atoms with Gasteiger partial charge in [0.15, 0.2) is 0 Å². The summed E-state index contributed by atoms with van der Waals surface area (Å²) < 4.78 is 4.04. The minimum atomic E-state index is 0.842. The van der Waals surface area contributed by atoms with Crippen molar-refractivity contribution in [2.45, 2.75) is 19.8 Å². The fraction of sp³-hybridized carbons (Fsp3) is 0.800. The first-order valence-electron chi connectivity index (χ1n) is 5.62. The molecule has 5 heteroatoms. The lowest BCUT2D eigenvalue weighted by atomic mass is 9.97. The summed E-state index contributed by atoms with van der Waals surface area (Å²) in [6.07, 6.45) is 4.18. The number of nitrogens with one attached hydrogen (secondary N) is 1. The number of hydrogen-bond acceptors (Lipinski definition) is 5. The summed E-state index contributed by atoms with van der Waals surface area (Å²) >= 11 is 1.50. The minimum absolute atomic E-state index is 0.842. The summed E-state index contributed by atoms with van der Waals surface area (Å²) in [5.74, 6) is 0.842. The van der Waals surface area contributed by atoms with Crippen LogP contribution in [0.25, 0.3) is 0 Å². The topological polar surface area (TPSA) is 41.0 Å². The van der Waals surface area contributed by atoms with E-state index in [2.05, 4.69) is 26.5 Å². The highest BCUT2D eigenvalue weighted by Crippen LogP contribution is 2.23. The van der Waals surface area contributed by atoms with Crippen LogP contribution in [0, 0.1) is 5.92 Å². The van der Waals surface area contributed by atoms with Crippen LogP contribution in [0.1, 0.15) is 19.8 Å². The highest BCUT2D eigenvalue weighted by molar-refractivity contribution is 7.09. The molecular weight excluding hydrogens is 208 g/mol. The second-order valence-corrected chi connectivity index (χ2v) is 4.72. The Hall–Kier alpha value is -0.680. The van der Waals surface area contributed by atoms with E-state index in [1.165, 1.54) is 30.9 Å². The Morgan fingerprint density at radius 1 is 1.53 bits per heavy atom. The van der Waals surface area contributed by atoms with Crippen LogP contribution in [-0.4, -0.2) is 35.5 Å². The van der Waals surface area contributed by atoms with Crippen molar-refractivity contribution in [2.24, 2.45) is 5.92 Å². The van der Waals surface area contributed by atoms with E-state index in [1.807, 2.05) is 0 Å². The molecule has 0 radical (unpaired) electrons. The van der Waals surface area contributed by atoms with Gasteiger partial charge < -0.3 is 10.2 Å². The van der Waals surface area contributed by atoms with E-state index in [4.69, 9.17) is 0 Å². The molecule has 1 N–H and O–H groups in total. The van der Waals surface area contributed by atoms with Gasteiger partial charge in [0.25, 0.3) is 0 Å². The smallest absolute Gasteiger partial charge is 0.204 e. The van der Waals surface area contributed by atoms with Gasteiger partial charge >= 0.3 is 0 Å². The minimum Gasteiger partial charge on any atom is -0.347 e. The van der Waals surface area contributed by atoms with Gasteiger partial charge in [0.2, 0.25) is 5.13 Å². The highest BCUT2D eigenvalue weighted by atomic mass is 32.1. The molecule has 1 aliphatic rings. The van der Waals surface area contributed by atoms with Crippen LogP contribution in [0.4, 0.5) is 5.13 Å². The summed E-state index contributed by atoms with van der Waals surface area (Å²) in [7, 11) is 0. The zero-order chi connectivity index (χ0) is 10.5. The largest absolute Gasteiger partial charge is 0.347 e. The Morgan fingerprint density at radius 2 is 2.33 bits per heavy atom. The molecule has 1 saturated heterocycles. The summed E-state index contributed by atoms with van der Waals surface area (Å²) in [6, 6.07) is 0. The first-order chi connectivity index (χ1) is 7.40. The third-order valence-corrected chi connectivity index (χ3v) is 3.64. The van der Waals surface area contributed by atoms with Gasteiger partial charge in [0.05, 0.1) is 0 Å². The van der Waals surface area contributed by atoms with Crippen molar-refractivity contribution < 1.29 is 0 Å². The summed E-state index contributed by atoms with van der Waals surface area (Å²) in [5, 5.41) is 4.50. The number of hydrogen-bond donors (Lipinski definition) is 1. The number of nitrogens with zero attached hydrogens (tertiary/aromatic N) is 3. The van der Waals surface area contributed by atoms with Crippen molar-refractivity contribution in [1.82, 2.24) is 14.7 Å². The zero-order valence-electron chi connectivity index (χ0n) is 9.15. The molecule has 0 bridgehead atoms. The van der Waals surface area contributed by atoms with E-state index in [9.17, 15) is 0 Å². The van der Waals surface area contributed by atoms with E-state index in [1.54, 1.807) is 6.33 Å². The fourth-order valence-corrected chi connectivity index (χ4v) is 2.56. The van der Waals surface area contributed by atoms with Crippen molar-refractivity contribution in [3.05, 3.63) is 6.33 Å². The third-order valence-electron chi connectivity index (χ3n) is 2.92. The Balaban J connectivity index is 1.77. The summed E-state index contributed by atoms with van der Waals surface area (Å²) in [5.41, 5.74) is 0. The molecule has 84 valence electrons. The van der Waals surface area contributed by atoms with Crippen molar-refractivity contribution in [3.8, 4) is 0 Å². The molecule has 1 aliphatic heterocycles. The van der Waals surface area contributed by atoms with E-state index in [-0.39, 0.29) is 0 Å². The Morgan fingerprint density at radius 3 is 2.93 bits per heavy atom. The zero-order valence-corrected chi connectivity index (χ0v) is 9.96. The molecule has 0 spiro atoms. The molecule has 0 unspecified atom stereocenters. The molecule has 1 fully saturated rings. The second-order valence-electron chi connectivity index (χ2n) is 3.96. The maximum absolute atomic E-state index is 4.24. The molecule has 2 heterocycles. The number of piperidine rings is 1. The van der Waals surface area contributed by atoms with Crippen LogP contribution < -0.4 is 10.2 Å². The average Bonchev–Trinajstić information content (AvgIpc) is 2.80. The number of anilines is 1. The first kappa shape index (κ1) is 10.8. The third kappa shape index (κ3) is 2.89. The average molecular weight is 226 g/mol. The predicted molar refractivity (Wildman–Crippen MR) is 63.4 cm³/mol. The Labute approximate surface area is 94.9 Å². The van der Waals surface area contributed by atoms with Crippen molar-refractivity contribution in [1.29, 1.82) is 0 Å². The monoisotopic (exact) mass is 226 g/mol. The maximum atomic E-state index is 4.24. The van der Waals surface area contributed by atoms with Crippen LogP contribution in [0.5, 0.6) is 0 Å². The molecule has 2 rings (SSSR count). The van der Waals surface area contributed by atoms with Gasteiger partial charge in [-0.05, 0) is 31.8 Å². The van der Waals surface area contributed by atoms with Gasteiger partial charge in [-0.1, -0.05) is 6.92 Å². The van der Waals surface area contributed by atoms with Crippen molar-refractivity contribution in [2.75, 3.05) is 31.1 Å². The molecule has 1 aromatic rings. The van der Waals surface area contributed by atoms with Gasteiger partial charge in [0, 0.05) is 24.6 Å². The lowest BCUT2D eigenvalue weighted by molar-refractivity contribution is 0.386. The van der Waals surface area contributed by atoms with E-state index >= 15 is 0 Å². The number of rotatable bonds is 4. The molecule has 15 heavy (non-hydrogen) atoms. The highest BCUT2D eigenvalue weighted by Gasteiger charge is 2.20. The Kier molecular flexibility index (Phi) is 3.91. The normalized spacial score (nSPS) is 18.3. The van der Waals surface area contributed by atoms with Crippen LogP contribution in [0.2, 0.25) is 0 Å². The maximum Gasteiger partial charge on any atom is 0.204 e. The lowest BCUT2D eigenvalue weighted by Gasteiger charge is -2.31. The van der Waals surface area contributed by atoms with Crippen LogP contribution in [0.15, 0.2) is 6.33 Å². The number of aromatic nitrogens is 2. The van der Waals surface area contributed by atoms with E-state index in [0.717, 1.165) is 30.7 Å². The van der Waals surface area contributed by atoms with Crippen LogP contribution in [0.3, 0.4) is 0 Å². The van der Waals surface area contributed by atoms with E-state index in [0.29, 0.717) is 0 Å². The van der Waals surface area contributed by atoms with Crippen molar-refractivity contribution >= 4 is 16.7 Å². The van der Waals surface area contributed by atoms with Crippen LogP contribution in [-0.2, 0) is 0 Å². The predicted octanol–water partition coefficient (Wildman–Crippen LogP) is 1.36. The molecule has 0 amide bonds. The van der Waals surface area contributed by atoms with Gasteiger partial charge in [-0.2, -0.15) is 4.37 Å². The molecule has 0 aromatic carbocycles. The van der Waals surface area contributed by atoms with E-state index < -0.39 is 0 Å². The standard InChI is InChI=1S/C10H18N4S/c1-2-11-7-9-3-5-14(6-4-9)10-12-8-13-15-10/h8-9,11H,2-7H2,1H3. The van der Waals surface area contributed by atoms with Crippen LogP contribution >= 0.6 is 11.5 Å². The first-order valence-corrected chi connectivity index (χ1v) is 6.40. The molecular formula is C10H18N4S. The SMILES string of the molecule is CCNCC1CCN(c2ncns2)CC1. The van der Waals surface area contributed by atoms with Gasteiger partial charge in [-0.15, -0.1) is 0 Å². The van der Waals surface area contributed by atoms with Gasteiger partial charge in [-0.25, -0.2) is 4.98 Å². The lowest BCUT2D eigenvalue weighted by Crippen LogP contribution is -2.37. The molecule has 0 atom stereocenters. The van der Waals surface area contributed by atoms with Crippen molar-refractivity contribution in [3.63, 3.8) is 0 Å².